The number of carbonyl (C=O) groups excluding carboxylic acids is 3. The summed E-state index contributed by atoms with van der Waals surface area (Å²) in [5.74, 6) is -0.909. The maximum atomic E-state index is 12.9. The molecule has 3 aromatic rings. The number of nitrogens with one attached hydrogen (secondary N) is 1. The zero-order valence-corrected chi connectivity index (χ0v) is 16.7. The Morgan fingerprint density at radius 3 is 2.23 bits per heavy atom. The van der Waals surface area contributed by atoms with E-state index in [-0.39, 0.29) is 16.9 Å². The van der Waals surface area contributed by atoms with Gasteiger partial charge in [0.25, 0.3) is 5.91 Å². The SMILES string of the molecule is COc1ccc(C(=O)c2ccccc2C(=O)OCC(=O)Nc2cccc(C)c2)cc1. The molecule has 30 heavy (non-hydrogen) atoms. The molecule has 0 aromatic heterocycles. The lowest BCUT2D eigenvalue weighted by molar-refractivity contribution is -0.119. The van der Waals surface area contributed by atoms with Gasteiger partial charge in [0.2, 0.25) is 0 Å². The van der Waals surface area contributed by atoms with Gasteiger partial charge in [-0.05, 0) is 55.0 Å². The molecule has 6 heteroatoms. The third-order valence-corrected chi connectivity index (χ3v) is 4.38. The first-order valence-corrected chi connectivity index (χ1v) is 9.29. The molecule has 0 unspecified atom stereocenters. The number of benzene rings is 3. The highest BCUT2D eigenvalue weighted by molar-refractivity contribution is 6.14. The van der Waals surface area contributed by atoms with Crippen LogP contribution < -0.4 is 10.1 Å². The number of hydrogen-bond acceptors (Lipinski definition) is 5. The van der Waals surface area contributed by atoms with Crippen molar-refractivity contribution in [1.82, 2.24) is 0 Å². The molecule has 0 aliphatic heterocycles. The maximum absolute atomic E-state index is 12.9. The number of hydrogen-bond donors (Lipinski definition) is 1. The molecule has 3 rings (SSSR count). The second-order valence-electron chi connectivity index (χ2n) is 6.60. The average molecular weight is 403 g/mol. The smallest absolute Gasteiger partial charge is 0.339 e. The standard InChI is InChI=1S/C24H21NO5/c1-16-6-5-7-18(14-16)25-22(26)15-30-24(28)21-9-4-3-8-20(21)23(27)17-10-12-19(29-2)13-11-17/h3-14H,15H2,1-2H3,(H,25,26). The molecule has 1 N–H and O–H groups in total. The van der Waals surface area contributed by atoms with Crippen molar-refractivity contribution in [2.24, 2.45) is 0 Å². The van der Waals surface area contributed by atoms with E-state index in [0.717, 1.165) is 5.56 Å². The lowest BCUT2D eigenvalue weighted by Crippen LogP contribution is -2.22. The Balaban J connectivity index is 1.69. The van der Waals surface area contributed by atoms with Crippen molar-refractivity contribution < 1.29 is 23.9 Å². The first-order valence-electron chi connectivity index (χ1n) is 9.29. The van der Waals surface area contributed by atoms with Crippen molar-refractivity contribution in [1.29, 1.82) is 0 Å². The zero-order chi connectivity index (χ0) is 21.5. The van der Waals surface area contributed by atoms with E-state index in [2.05, 4.69) is 5.32 Å². The molecular formula is C24H21NO5. The number of rotatable bonds is 7. The lowest BCUT2D eigenvalue weighted by atomic mass is 9.98. The minimum atomic E-state index is -0.744. The van der Waals surface area contributed by atoms with E-state index in [4.69, 9.17) is 9.47 Å². The molecule has 0 spiro atoms. The summed E-state index contributed by atoms with van der Waals surface area (Å²) in [4.78, 5) is 37.5. The predicted molar refractivity (Wildman–Crippen MR) is 113 cm³/mol. The molecule has 0 heterocycles. The van der Waals surface area contributed by atoms with Crippen molar-refractivity contribution >= 4 is 23.3 Å². The minimum Gasteiger partial charge on any atom is -0.497 e. The first-order chi connectivity index (χ1) is 14.5. The van der Waals surface area contributed by atoms with E-state index >= 15 is 0 Å². The summed E-state index contributed by atoms with van der Waals surface area (Å²) in [5, 5.41) is 2.67. The quantitative estimate of drug-likeness (QED) is 0.476. The molecule has 6 nitrogen and oxygen atoms in total. The summed E-state index contributed by atoms with van der Waals surface area (Å²) in [6.07, 6.45) is 0. The second kappa shape index (κ2) is 9.52. The van der Waals surface area contributed by atoms with Gasteiger partial charge in [0.1, 0.15) is 5.75 Å². The van der Waals surface area contributed by atoms with Gasteiger partial charge in [-0.2, -0.15) is 0 Å². The molecule has 0 saturated carbocycles. The Morgan fingerprint density at radius 2 is 1.57 bits per heavy atom. The van der Waals surface area contributed by atoms with E-state index in [1.54, 1.807) is 48.5 Å². The van der Waals surface area contributed by atoms with Crippen LogP contribution in [0, 0.1) is 6.92 Å². The number of ether oxygens (including phenoxy) is 2. The van der Waals surface area contributed by atoms with Crippen LogP contribution in [0.25, 0.3) is 0 Å². The van der Waals surface area contributed by atoms with Crippen LogP contribution in [-0.2, 0) is 9.53 Å². The molecule has 0 bridgehead atoms. The second-order valence-corrected chi connectivity index (χ2v) is 6.60. The van der Waals surface area contributed by atoms with Gasteiger partial charge < -0.3 is 14.8 Å². The Labute approximate surface area is 174 Å². The number of carbonyl (C=O) groups is 3. The van der Waals surface area contributed by atoms with Gasteiger partial charge in [-0.1, -0.05) is 30.3 Å². The highest BCUT2D eigenvalue weighted by atomic mass is 16.5. The van der Waals surface area contributed by atoms with E-state index in [1.807, 2.05) is 25.1 Å². The van der Waals surface area contributed by atoms with Crippen molar-refractivity contribution in [3.63, 3.8) is 0 Å². The van der Waals surface area contributed by atoms with Crippen molar-refractivity contribution in [3.8, 4) is 5.75 Å². The third kappa shape index (κ3) is 5.11. The van der Waals surface area contributed by atoms with Crippen molar-refractivity contribution in [2.45, 2.75) is 6.92 Å². The number of ketones is 1. The van der Waals surface area contributed by atoms with E-state index in [1.165, 1.54) is 13.2 Å². The monoisotopic (exact) mass is 403 g/mol. The summed E-state index contributed by atoms with van der Waals surface area (Å²) >= 11 is 0. The van der Waals surface area contributed by atoms with Gasteiger partial charge in [-0.25, -0.2) is 4.79 Å². The van der Waals surface area contributed by atoms with Crippen LogP contribution in [0.15, 0.2) is 72.8 Å². The van der Waals surface area contributed by atoms with Crippen molar-refractivity contribution in [2.75, 3.05) is 19.0 Å². The number of methoxy groups -OCH3 is 1. The van der Waals surface area contributed by atoms with Gasteiger partial charge in [0, 0.05) is 16.8 Å². The van der Waals surface area contributed by atoms with Crippen LogP contribution in [0.4, 0.5) is 5.69 Å². The van der Waals surface area contributed by atoms with Gasteiger partial charge in [-0.15, -0.1) is 0 Å². The van der Waals surface area contributed by atoms with E-state index in [0.29, 0.717) is 17.0 Å². The van der Waals surface area contributed by atoms with Crippen molar-refractivity contribution in [3.05, 3.63) is 95.1 Å². The summed E-state index contributed by atoms with van der Waals surface area (Å²) in [6.45, 7) is 1.45. The normalized spacial score (nSPS) is 10.2. The highest BCUT2D eigenvalue weighted by Crippen LogP contribution is 2.18. The molecule has 1 amide bonds. The predicted octanol–water partition coefficient (Wildman–Crippen LogP) is 4.03. The van der Waals surface area contributed by atoms with Gasteiger partial charge in [0.05, 0.1) is 12.7 Å². The number of amides is 1. The Kier molecular flexibility index (Phi) is 6.60. The molecule has 0 fully saturated rings. The Hall–Kier alpha value is -3.93. The summed E-state index contributed by atoms with van der Waals surface area (Å²) in [5.41, 5.74) is 2.32. The fraction of sp³-hybridized carbons (Fsp3) is 0.125. The maximum Gasteiger partial charge on any atom is 0.339 e. The average Bonchev–Trinajstić information content (AvgIpc) is 2.77. The largest absolute Gasteiger partial charge is 0.497 e. The van der Waals surface area contributed by atoms with E-state index < -0.39 is 18.5 Å². The van der Waals surface area contributed by atoms with E-state index in [9.17, 15) is 14.4 Å². The number of esters is 1. The van der Waals surface area contributed by atoms with Crippen LogP contribution in [0.1, 0.15) is 31.8 Å². The van der Waals surface area contributed by atoms with Gasteiger partial charge >= 0.3 is 5.97 Å². The molecule has 0 aliphatic carbocycles. The number of anilines is 1. The number of aryl methyl sites for hydroxylation is 1. The Bertz CT molecular complexity index is 1070. The topological polar surface area (TPSA) is 81.7 Å². The zero-order valence-electron chi connectivity index (χ0n) is 16.7. The summed E-state index contributed by atoms with van der Waals surface area (Å²) in [6, 6.07) is 20.2. The minimum absolute atomic E-state index is 0.0988. The van der Waals surface area contributed by atoms with Crippen LogP contribution in [-0.4, -0.2) is 31.4 Å². The van der Waals surface area contributed by atoms with Gasteiger partial charge in [0.15, 0.2) is 12.4 Å². The molecule has 0 aliphatic rings. The van der Waals surface area contributed by atoms with Crippen LogP contribution >= 0.6 is 0 Å². The fourth-order valence-corrected chi connectivity index (χ4v) is 2.89. The third-order valence-electron chi connectivity index (χ3n) is 4.38. The molecule has 3 aromatic carbocycles. The van der Waals surface area contributed by atoms with Crippen LogP contribution in [0.5, 0.6) is 5.75 Å². The lowest BCUT2D eigenvalue weighted by Gasteiger charge is -2.10. The fourth-order valence-electron chi connectivity index (χ4n) is 2.89. The molecule has 0 radical (unpaired) electrons. The molecule has 0 atom stereocenters. The van der Waals surface area contributed by atoms with Crippen LogP contribution in [0.2, 0.25) is 0 Å². The Morgan fingerprint density at radius 1 is 0.867 bits per heavy atom. The summed E-state index contributed by atoms with van der Waals surface area (Å²) < 4.78 is 10.2. The first kappa shape index (κ1) is 20.8. The molecule has 152 valence electrons. The van der Waals surface area contributed by atoms with Gasteiger partial charge in [-0.3, -0.25) is 9.59 Å². The summed E-state index contributed by atoms with van der Waals surface area (Å²) in [7, 11) is 1.54. The molecular weight excluding hydrogens is 382 g/mol. The highest BCUT2D eigenvalue weighted by Gasteiger charge is 2.20. The molecule has 0 saturated heterocycles. The van der Waals surface area contributed by atoms with Crippen LogP contribution in [0.3, 0.4) is 0 Å².